The Morgan fingerprint density at radius 3 is 2.56 bits per heavy atom. The number of carbonyl (C=O) groups excluding carboxylic acids is 1. The second-order valence-corrected chi connectivity index (χ2v) is 5.89. The van der Waals surface area contributed by atoms with Crippen LogP contribution in [0.15, 0.2) is 0 Å². The summed E-state index contributed by atoms with van der Waals surface area (Å²) in [6, 6.07) is 0. The molecule has 0 aromatic heterocycles. The zero-order valence-electron chi connectivity index (χ0n) is 9.45. The van der Waals surface area contributed by atoms with Gasteiger partial charge in [0.1, 0.15) is 0 Å². The van der Waals surface area contributed by atoms with Gasteiger partial charge in [-0.3, -0.25) is 4.79 Å². The SMILES string of the molecule is CCS(=O)(=O)NCCCNC(=O)C1CNC1. The number of rotatable bonds is 7. The lowest BCUT2D eigenvalue weighted by molar-refractivity contribution is -0.126. The molecule has 1 rings (SSSR count). The number of amides is 1. The van der Waals surface area contributed by atoms with Gasteiger partial charge in [0, 0.05) is 26.2 Å². The fourth-order valence-electron chi connectivity index (χ4n) is 1.25. The van der Waals surface area contributed by atoms with E-state index in [0.29, 0.717) is 19.5 Å². The first-order chi connectivity index (χ1) is 7.55. The van der Waals surface area contributed by atoms with Crippen LogP contribution in [0.1, 0.15) is 13.3 Å². The topological polar surface area (TPSA) is 87.3 Å². The van der Waals surface area contributed by atoms with Crippen molar-refractivity contribution >= 4 is 15.9 Å². The number of hydrogen-bond acceptors (Lipinski definition) is 4. The number of carbonyl (C=O) groups is 1. The van der Waals surface area contributed by atoms with Gasteiger partial charge in [-0.2, -0.15) is 0 Å². The lowest BCUT2D eigenvalue weighted by Gasteiger charge is -2.25. The highest BCUT2D eigenvalue weighted by molar-refractivity contribution is 7.89. The van der Waals surface area contributed by atoms with Gasteiger partial charge >= 0.3 is 0 Å². The molecular weight excluding hydrogens is 230 g/mol. The molecule has 6 nitrogen and oxygen atoms in total. The Morgan fingerprint density at radius 2 is 2.06 bits per heavy atom. The summed E-state index contributed by atoms with van der Waals surface area (Å²) < 4.78 is 24.6. The third-order valence-corrected chi connectivity index (χ3v) is 3.91. The van der Waals surface area contributed by atoms with Crippen molar-refractivity contribution in [3.63, 3.8) is 0 Å². The summed E-state index contributed by atoms with van der Waals surface area (Å²) in [4.78, 5) is 11.4. The van der Waals surface area contributed by atoms with E-state index in [1.807, 2.05) is 0 Å². The second kappa shape index (κ2) is 6.17. The van der Waals surface area contributed by atoms with E-state index in [1.165, 1.54) is 0 Å². The molecule has 0 unspecified atom stereocenters. The van der Waals surface area contributed by atoms with Gasteiger partial charge in [-0.15, -0.1) is 0 Å². The predicted molar refractivity (Wildman–Crippen MR) is 61.4 cm³/mol. The van der Waals surface area contributed by atoms with Crippen molar-refractivity contribution in [2.45, 2.75) is 13.3 Å². The third-order valence-electron chi connectivity index (χ3n) is 2.51. The average Bonchev–Trinajstić information content (AvgIpc) is 2.14. The molecule has 0 spiro atoms. The molecule has 1 fully saturated rings. The summed E-state index contributed by atoms with van der Waals surface area (Å²) in [7, 11) is -3.10. The van der Waals surface area contributed by atoms with Crippen molar-refractivity contribution < 1.29 is 13.2 Å². The molecule has 0 aromatic rings. The Hall–Kier alpha value is -0.660. The first kappa shape index (κ1) is 13.4. The maximum Gasteiger partial charge on any atom is 0.225 e. The van der Waals surface area contributed by atoms with E-state index in [0.717, 1.165) is 13.1 Å². The van der Waals surface area contributed by atoms with Gasteiger partial charge in [-0.25, -0.2) is 13.1 Å². The van der Waals surface area contributed by atoms with E-state index in [4.69, 9.17) is 0 Å². The van der Waals surface area contributed by atoms with Crippen molar-refractivity contribution in [1.82, 2.24) is 15.4 Å². The van der Waals surface area contributed by atoms with Crippen LogP contribution in [0.3, 0.4) is 0 Å². The van der Waals surface area contributed by atoms with E-state index in [1.54, 1.807) is 6.92 Å². The molecule has 0 saturated carbocycles. The lowest BCUT2D eigenvalue weighted by atomic mass is 10.0. The summed E-state index contributed by atoms with van der Waals surface area (Å²) in [5.74, 6) is 0.233. The number of nitrogens with one attached hydrogen (secondary N) is 3. The molecule has 1 saturated heterocycles. The summed E-state index contributed by atoms with van der Waals surface area (Å²) in [5, 5.41) is 5.79. The maximum atomic E-state index is 11.4. The van der Waals surface area contributed by atoms with Gasteiger partial charge in [0.25, 0.3) is 0 Å². The summed E-state index contributed by atoms with van der Waals surface area (Å²) in [6.45, 7) is 3.97. The Bertz CT molecular complexity index is 325. The van der Waals surface area contributed by atoms with Crippen molar-refractivity contribution in [3.8, 4) is 0 Å². The Kier molecular flexibility index (Phi) is 5.17. The van der Waals surface area contributed by atoms with Crippen molar-refractivity contribution in [3.05, 3.63) is 0 Å². The highest BCUT2D eigenvalue weighted by Gasteiger charge is 2.23. The second-order valence-electron chi connectivity index (χ2n) is 3.80. The van der Waals surface area contributed by atoms with E-state index in [-0.39, 0.29) is 17.6 Å². The molecular formula is C9H19N3O3S. The molecule has 0 atom stereocenters. The zero-order valence-corrected chi connectivity index (χ0v) is 10.3. The molecule has 16 heavy (non-hydrogen) atoms. The van der Waals surface area contributed by atoms with Crippen molar-refractivity contribution in [1.29, 1.82) is 0 Å². The standard InChI is InChI=1S/C9H19N3O3S/c1-2-16(14,15)12-5-3-4-11-9(13)8-6-10-7-8/h8,10,12H,2-7H2,1H3,(H,11,13). The molecule has 0 aliphatic carbocycles. The monoisotopic (exact) mass is 249 g/mol. The van der Waals surface area contributed by atoms with Gasteiger partial charge in [0.15, 0.2) is 0 Å². The van der Waals surface area contributed by atoms with Crippen LogP contribution in [-0.4, -0.2) is 46.3 Å². The Morgan fingerprint density at radius 1 is 1.38 bits per heavy atom. The van der Waals surface area contributed by atoms with E-state index in [9.17, 15) is 13.2 Å². The van der Waals surface area contributed by atoms with Crippen LogP contribution < -0.4 is 15.4 Å². The van der Waals surface area contributed by atoms with E-state index in [2.05, 4.69) is 15.4 Å². The molecule has 1 aliphatic rings. The van der Waals surface area contributed by atoms with Crippen LogP contribution in [0, 0.1) is 5.92 Å². The zero-order chi connectivity index (χ0) is 12.0. The molecule has 0 radical (unpaired) electrons. The smallest absolute Gasteiger partial charge is 0.225 e. The first-order valence-electron chi connectivity index (χ1n) is 5.51. The van der Waals surface area contributed by atoms with E-state index < -0.39 is 10.0 Å². The predicted octanol–water partition coefficient (Wildman–Crippen LogP) is -1.35. The third kappa shape index (κ3) is 4.46. The van der Waals surface area contributed by atoms with E-state index >= 15 is 0 Å². The van der Waals surface area contributed by atoms with Crippen LogP contribution in [-0.2, 0) is 14.8 Å². The highest BCUT2D eigenvalue weighted by atomic mass is 32.2. The summed E-state index contributed by atoms with van der Waals surface area (Å²) in [5.41, 5.74) is 0. The average molecular weight is 249 g/mol. The Labute approximate surface area is 96.2 Å². The highest BCUT2D eigenvalue weighted by Crippen LogP contribution is 2.01. The molecule has 0 bridgehead atoms. The van der Waals surface area contributed by atoms with Crippen LogP contribution in [0.2, 0.25) is 0 Å². The van der Waals surface area contributed by atoms with Crippen molar-refractivity contribution in [2.75, 3.05) is 31.9 Å². The Balaban J connectivity index is 2.01. The molecule has 1 heterocycles. The normalized spacial score (nSPS) is 16.8. The van der Waals surface area contributed by atoms with Gasteiger partial charge < -0.3 is 10.6 Å². The lowest BCUT2D eigenvalue weighted by Crippen LogP contribution is -2.51. The largest absolute Gasteiger partial charge is 0.356 e. The fourth-order valence-corrected chi connectivity index (χ4v) is 1.91. The number of sulfonamides is 1. The number of hydrogen-bond donors (Lipinski definition) is 3. The van der Waals surface area contributed by atoms with Crippen molar-refractivity contribution in [2.24, 2.45) is 5.92 Å². The summed E-state index contributed by atoms with van der Waals surface area (Å²) >= 11 is 0. The minimum atomic E-state index is -3.10. The molecule has 1 aliphatic heterocycles. The summed E-state index contributed by atoms with van der Waals surface area (Å²) in [6.07, 6.45) is 0.616. The maximum absolute atomic E-state index is 11.4. The minimum absolute atomic E-state index is 0.0529. The quantitative estimate of drug-likeness (QED) is 0.487. The van der Waals surface area contributed by atoms with Gasteiger partial charge in [-0.1, -0.05) is 0 Å². The van der Waals surface area contributed by atoms with Crippen LogP contribution >= 0.6 is 0 Å². The molecule has 1 amide bonds. The van der Waals surface area contributed by atoms with Crippen LogP contribution in [0.4, 0.5) is 0 Å². The van der Waals surface area contributed by atoms with Gasteiger partial charge in [0.05, 0.1) is 11.7 Å². The fraction of sp³-hybridized carbons (Fsp3) is 0.889. The van der Waals surface area contributed by atoms with Crippen LogP contribution in [0.25, 0.3) is 0 Å². The van der Waals surface area contributed by atoms with Crippen LogP contribution in [0.5, 0.6) is 0 Å². The molecule has 0 aromatic carbocycles. The molecule has 94 valence electrons. The minimum Gasteiger partial charge on any atom is -0.356 e. The van der Waals surface area contributed by atoms with Gasteiger partial charge in [0.2, 0.25) is 15.9 Å². The van der Waals surface area contributed by atoms with Gasteiger partial charge in [-0.05, 0) is 13.3 Å². The molecule has 7 heteroatoms. The first-order valence-corrected chi connectivity index (χ1v) is 7.16. The molecule has 3 N–H and O–H groups in total.